The van der Waals surface area contributed by atoms with Gasteiger partial charge in [-0.1, -0.05) is 11.9 Å². The van der Waals surface area contributed by atoms with Gasteiger partial charge < -0.3 is 4.74 Å². The quantitative estimate of drug-likeness (QED) is 0.366. The predicted molar refractivity (Wildman–Crippen MR) is 28.9 cm³/mol. The molecule has 2 heterocycles. The predicted octanol–water partition coefficient (Wildman–Crippen LogP) is 0.353. The molecule has 2 unspecified atom stereocenters. The van der Waals surface area contributed by atoms with Crippen molar-refractivity contribution in [1.82, 2.24) is 4.72 Å². The average Bonchev–Trinajstić information content (AvgIpc) is 2.41. The Hall–Kier alpha value is 0.270. The Kier molecular flexibility index (Phi) is 0.818. The van der Waals surface area contributed by atoms with Crippen molar-refractivity contribution in [2.45, 2.75) is 18.8 Å². The van der Waals surface area contributed by atoms with Gasteiger partial charge in [0.1, 0.15) is 12.3 Å². The lowest BCUT2D eigenvalue weighted by Gasteiger charge is -2.02. The molecule has 0 amide bonds. The van der Waals surface area contributed by atoms with Crippen molar-refractivity contribution >= 4 is 11.9 Å². The lowest BCUT2D eigenvalue weighted by Crippen LogP contribution is -2.17. The molecular weight excluding hydrogens is 110 g/mol. The minimum absolute atomic E-state index is 0.416. The molecule has 2 saturated heterocycles. The van der Waals surface area contributed by atoms with E-state index < -0.39 is 0 Å². The third-order valence-electron chi connectivity index (χ3n) is 1.29. The molecule has 7 heavy (non-hydrogen) atoms. The highest BCUT2D eigenvalue weighted by Crippen LogP contribution is 2.29. The van der Waals surface area contributed by atoms with E-state index in [2.05, 4.69) is 4.72 Å². The molecular formula is C4H7NOS. The van der Waals surface area contributed by atoms with Gasteiger partial charge in [-0.05, 0) is 6.42 Å². The first-order valence-corrected chi connectivity index (χ1v) is 3.48. The zero-order valence-corrected chi connectivity index (χ0v) is 4.70. The monoisotopic (exact) mass is 117 g/mol. The van der Waals surface area contributed by atoms with Crippen LogP contribution < -0.4 is 4.72 Å². The summed E-state index contributed by atoms with van der Waals surface area (Å²) < 4.78 is 8.30. The number of hydrogen-bond acceptors (Lipinski definition) is 3. The molecule has 3 heteroatoms. The molecule has 0 saturated carbocycles. The van der Waals surface area contributed by atoms with Crippen LogP contribution in [-0.4, -0.2) is 18.1 Å². The normalized spacial score (nSPS) is 48.0. The Morgan fingerprint density at radius 3 is 3.29 bits per heavy atom. The highest BCUT2D eigenvalue weighted by molar-refractivity contribution is 7.97. The maximum Gasteiger partial charge on any atom is 0.144 e. The molecule has 2 fully saturated rings. The van der Waals surface area contributed by atoms with Gasteiger partial charge in [0.15, 0.2) is 0 Å². The van der Waals surface area contributed by atoms with Crippen LogP contribution in [0.1, 0.15) is 6.42 Å². The van der Waals surface area contributed by atoms with Crippen LogP contribution in [0, 0.1) is 0 Å². The summed E-state index contributed by atoms with van der Waals surface area (Å²) in [7, 11) is 0. The summed E-state index contributed by atoms with van der Waals surface area (Å²) in [4.78, 5) is 0. The highest BCUT2D eigenvalue weighted by Gasteiger charge is 2.40. The lowest BCUT2D eigenvalue weighted by atomic mass is 10.3. The summed E-state index contributed by atoms with van der Waals surface area (Å²) in [5, 5.41) is 0. The van der Waals surface area contributed by atoms with Crippen molar-refractivity contribution in [1.29, 1.82) is 0 Å². The number of fused-ring (bicyclic) bond motifs is 1. The minimum atomic E-state index is 0.416. The topological polar surface area (TPSA) is 24.6 Å². The standard InChI is InChI=1S/C4H7NOS/c1-2-7-5-4-3(1)6-4/h3-5H,1-2H2. The smallest absolute Gasteiger partial charge is 0.144 e. The van der Waals surface area contributed by atoms with Gasteiger partial charge in [-0.15, -0.1) is 0 Å². The number of epoxide rings is 1. The van der Waals surface area contributed by atoms with E-state index in [0.29, 0.717) is 12.3 Å². The number of rotatable bonds is 0. The minimum Gasteiger partial charge on any atom is -0.352 e. The maximum atomic E-state index is 5.15. The Morgan fingerprint density at radius 2 is 2.71 bits per heavy atom. The molecule has 0 radical (unpaired) electrons. The van der Waals surface area contributed by atoms with Crippen LogP contribution in [0.2, 0.25) is 0 Å². The van der Waals surface area contributed by atoms with Crippen molar-refractivity contribution in [3.63, 3.8) is 0 Å². The van der Waals surface area contributed by atoms with Gasteiger partial charge in [-0.3, -0.25) is 0 Å². The number of hydrogen-bond donors (Lipinski definition) is 1. The van der Waals surface area contributed by atoms with E-state index in [1.807, 2.05) is 0 Å². The molecule has 0 spiro atoms. The first kappa shape index (κ1) is 4.18. The van der Waals surface area contributed by atoms with E-state index in [1.54, 1.807) is 11.9 Å². The van der Waals surface area contributed by atoms with Crippen molar-refractivity contribution in [3.05, 3.63) is 0 Å². The van der Waals surface area contributed by atoms with E-state index >= 15 is 0 Å². The fourth-order valence-electron chi connectivity index (χ4n) is 0.782. The Bertz CT molecular complexity index is 77.8. The summed E-state index contributed by atoms with van der Waals surface area (Å²) in [6.45, 7) is 0. The second kappa shape index (κ2) is 1.37. The molecule has 2 aliphatic heterocycles. The summed E-state index contributed by atoms with van der Waals surface area (Å²) in [5.41, 5.74) is 0. The van der Waals surface area contributed by atoms with Gasteiger partial charge in [0.05, 0.1) is 0 Å². The van der Waals surface area contributed by atoms with E-state index in [9.17, 15) is 0 Å². The van der Waals surface area contributed by atoms with Crippen molar-refractivity contribution in [2.75, 3.05) is 5.75 Å². The molecule has 0 bridgehead atoms. The van der Waals surface area contributed by atoms with Crippen LogP contribution in [0.3, 0.4) is 0 Å². The third kappa shape index (κ3) is 0.649. The number of ether oxygens (including phenoxy) is 1. The van der Waals surface area contributed by atoms with Crippen LogP contribution in [0.5, 0.6) is 0 Å². The van der Waals surface area contributed by atoms with E-state index in [-0.39, 0.29) is 0 Å². The fraction of sp³-hybridized carbons (Fsp3) is 1.00. The van der Waals surface area contributed by atoms with Crippen LogP contribution in [0.4, 0.5) is 0 Å². The van der Waals surface area contributed by atoms with Gasteiger partial charge in [0, 0.05) is 5.75 Å². The van der Waals surface area contributed by atoms with Crippen LogP contribution >= 0.6 is 11.9 Å². The number of nitrogens with one attached hydrogen (secondary N) is 1. The molecule has 2 rings (SSSR count). The van der Waals surface area contributed by atoms with E-state index in [4.69, 9.17) is 4.74 Å². The Balaban J connectivity index is 1.95. The summed E-state index contributed by atoms with van der Waals surface area (Å²) in [5.74, 6) is 1.21. The molecule has 40 valence electrons. The van der Waals surface area contributed by atoms with Crippen molar-refractivity contribution in [2.24, 2.45) is 0 Å². The van der Waals surface area contributed by atoms with Crippen molar-refractivity contribution < 1.29 is 4.74 Å². The largest absolute Gasteiger partial charge is 0.352 e. The van der Waals surface area contributed by atoms with Gasteiger partial charge >= 0.3 is 0 Å². The van der Waals surface area contributed by atoms with E-state index in [1.165, 1.54) is 12.2 Å². The molecule has 2 aliphatic rings. The van der Waals surface area contributed by atoms with Crippen molar-refractivity contribution in [3.8, 4) is 0 Å². The van der Waals surface area contributed by atoms with Crippen LogP contribution in [0.25, 0.3) is 0 Å². The summed E-state index contributed by atoms with van der Waals surface area (Å²) in [6.07, 6.45) is 2.22. The first-order chi connectivity index (χ1) is 3.47. The Labute approximate surface area is 46.7 Å². The molecule has 0 aromatic carbocycles. The maximum absolute atomic E-state index is 5.15. The molecule has 0 aromatic heterocycles. The fourth-order valence-corrected chi connectivity index (χ4v) is 1.62. The van der Waals surface area contributed by atoms with Crippen LogP contribution in [0.15, 0.2) is 0 Å². The second-order valence-corrected chi connectivity index (χ2v) is 2.78. The molecule has 0 aromatic rings. The van der Waals surface area contributed by atoms with Crippen LogP contribution in [-0.2, 0) is 4.74 Å². The third-order valence-corrected chi connectivity index (χ3v) is 2.13. The van der Waals surface area contributed by atoms with Gasteiger partial charge in [0.25, 0.3) is 0 Å². The zero-order valence-electron chi connectivity index (χ0n) is 3.89. The van der Waals surface area contributed by atoms with Gasteiger partial charge in [0.2, 0.25) is 0 Å². The average molecular weight is 117 g/mol. The van der Waals surface area contributed by atoms with Gasteiger partial charge in [-0.2, -0.15) is 0 Å². The highest BCUT2D eigenvalue weighted by atomic mass is 32.2. The summed E-state index contributed by atoms with van der Waals surface area (Å²) >= 11 is 1.77. The molecule has 0 aliphatic carbocycles. The molecule has 1 N–H and O–H groups in total. The zero-order chi connectivity index (χ0) is 4.69. The second-order valence-electron chi connectivity index (χ2n) is 1.85. The van der Waals surface area contributed by atoms with E-state index in [0.717, 1.165) is 0 Å². The molecule has 2 nitrogen and oxygen atoms in total. The lowest BCUT2D eigenvalue weighted by molar-refractivity contribution is 0.368. The SMILES string of the molecule is C1CC2OC2NS1. The Morgan fingerprint density at radius 1 is 1.71 bits per heavy atom. The molecule has 2 atom stereocenters. The first-order valence-electron chi connectivity index (χ1n) is 2.49. The summed E-state index contributed by atoms with van der Waals surface area (Å²) in [6, 6.07) is 0. The van der Waals surface area contributed by atoms with Gasteiger partial charge in [-0.25, -0.2) is 4.72 Å².